The Balaban J connectivity index is 2.12. The van der Waals surface area contributed by atoms with E-state index in [1.54, 1.807) is 0 Å². The summed E-state index contributed by atoms with van der Waals surface area (Å²) in [5.74, 6) is 0.909. The third-order valence-electron chi connectivity index (χ3n) is 4.17. The first-order valence-electron chi connectivity index (χ1n) is 7.18. The number of carbonyl (C=O) groups is 1. The van der Waals surface area contributed by atoms with E-state index in [0.29, 0.717) is 18.8 Å². The molecule has 0 heterocycles. The number of aryl methyl sites for hydroxylation is 1. The van der Waals surface area contributed by atoms with Gasteiger partial charge in [0.05, 0.1) is 5.54 Å². The van der Waals surface area contributed by atoms with Crippen molar-refractivity contribution in [1.82, 2.24) is 0 Å². The molecule has 110 valence electrons. The van der Waals surface area contributed by atoms with Gasteiger partial charge < -0.3 is 16.2 Å². The Morgan fingerprint density at radius 2 is 2.15 bits per heavy atom. The maximum Gasteiger partial charge on any atom is 0.237 e. The molecule has 1 amide bonds. The van der Waals surface area contributed by atoms with Crippen LogP contribution in [0.2, 0.25) is 0 Å². The average molecular weight is 276 g/mol. The van der Waals surface area contributed by atoms with Crippen molar-refractivity contribution in [3.8, 4) is 5.75 Å². The quantitative estimate of drug-likeness (QED) is 0.885. The highest BCUT2D eigenvalue weighted by atomic mass is 16.5. The summed E-state index contributed by atoms with van der Waals surface area (Å²) in [5, 5.41) is 0. The van der Waals surface area contributed by atoms with Gasteiger partial charge in [-0.2, -0.15) is 0 Å². The molecule has 4 nitrogen and oxygen atoms in total. The molecule has 1 aliphatic rings. The van der Waals surface area contributed by atoms with Crippen LogP contribution in [0.1, 0.15) is 50.2 Å². The molecule has 20 heavy (non-hydrogen) atoms. The largest absolute Gasteiger partial charge is 0.490 e. The smallest absolute Gasteiger partial charge is 0.237 e. The summed E-state index contributed by atoms with van der Waals surface area (Å²) in [6, 6.07) is 6.28. The van der Waals surface area contributed by atoms with Gasteiger partial charge in [0, 0.05) is 6.42 Å². The Kier molecular flexibility index (Phi) is 4.04. The van der Waals surface area contributed by atoms with E-state index in [4.69, 9.17) is 16.2 Å². The number of hydrogen-bond donors (Lipinski definition) is 2. The zero-order valence-electron chi connectivity index (χ0n) is 12.5. The van der Waals surface area contributed by atoms with Crippen molar-refractivity contribution >= 4 is 5.91 Å². The minimum atomic E-state index is -0.909. The van der Waals surface area contributed by atoms with E-state index in [0.717, 1.165) is 17.7 Å². The van der Waals surface area contributed by atoms with Crippen LogP contribution in [0.3, 0.4) is 0 Å². The molecule has 1 saturated carbocycles. The summed E-state index contributed by atoms with van der Waals surface area (Å²) in [6.07, 6.45) is 1.82. The average Bonchev–Trinajstić information content (AvgIpc) is 2.75. The minimum absolute atomic E-state index is 0.0337. The number of primary amides is 1. The van der Waals surface area contributed by atoms with Crippen molar-refractivity contribution in [2.75, 3.05) is 0 Å². The molecule has 1 fully saturated rings. The number of hydrogen-bond acceptors (Lipinski definition) is 3. The van der Waals surface area contributed by atoms with Crippen molar-refractivity contribution in [2.45, 2.75) is 57.6 Å². The molecule has 1 aliphatic carbocycles. The molecule has 0 bridgehead atoms. The number of amides is 1. The van der Waals surface area contributed by atoms with Crippen molar-refractivity contribution in [1.29, 1.82) is 0 Å². The molecule has 2 rings (SSSR count). The molecule has 0 aromatic heterocycles. The highest BCUT2D eigenvalue weighted by Gasteiger charge is 2.41. The minimum Gasteiger partial charge on any atom is -0.490 e. The number of ether oxygens (including phenoxy) is 1. The zero-order valence-corrected chi connectivity index (χ0v) is 12.5. The number of nitrogens with two attached hydrogens (primary N) is 2. The van der Waals surface area contributed by atoms with Gasteiger partial charge in [-0.05, 0) is 42.9 Å². The first-order valence-corrected chi connectivity index (χ1v) is 7.18. The van der Waals surface area contributed by atoms with E-state index < -0.39 is 11.4 Å². The third-order valence-corrected chi connectivity index (χ3v) is 4.17. The van der Waals surface area contributed by atoms with Crippen LogP contribution in [0.4, 0.5) is 0 Å². The van der Waals surface area contributed by atoms with Crippen LogP contribution in [0.25, 0.3) is 0 Å². The second-order valence-electron chi connectivity index (χ2n) is 6.18. The Morgan fingerprint density at radius 3 is 2.70 bits per heavy atom. The van der Waals surface area contributed by atoms with E-state index >= 15 is 0 Å². The lowest BCUT2D eigenvalue weighted by Crippen LogP contribution is -2.50. The molecule has 0 radical (unpaired) electrons. The molecule has 2 unspecified atom stereocenters. The van der Waals surface area contributed by atoms with E-state index in [-0.39, 0.29) is 6.10 Å². The second-order valence-corrected chi connectivity index (χ2v) is 6.18. The predicted octanol–water partition coefficient (Wildman–Crippen LogP) is 2.23. The van der Waals surface area contributed by atoms with Crippen LogP contribution in [-0.2, 0) is 4.79 Å². The summed E-state index contributed by atoms with van der Waals surface area (Å²) in [6.45, 7) is 6.34. The third kappa shape index (κ3) is 2.96. The first kappa shape index (κ1) is 14.9. The number of carbonyl (C=O) groups excluding carboxylic acids is 1. The highest BCUT2D eigenvalue weighted by Crippen LogP contribution is 2.33. The molecule has 0 spiro atoms. The monoisotopic (exact) mass is 276 g/mol. The SMILES string of the molecule is Cc1ccc(C(C)C)cc1OC1CCC(N)(C(N)=O)C1. The summed E-state index contributed by atoms with van der Waals surface area (Å²) >= 11 is 0. The van der Waals surface area contributed by atoms with Gasteiger partial charge in [0.2, 0.25) is 5.91 Å². The molecule has 1 aromatic carbocycles. The standard InChI is InChI=1S/C16H24N2O2/c1-10(2)12-5-4-11(3)14(8-12)20-13-6-7-16(18,9-13)15(17)19/h4-5,8,10,13H,6-7,9,18H2,1-3H3,(H2,17,19). The summed E-state index contributed by atoms with van der Waals surface area (Å²) in [4.78, 5) is 11.4. The maximum absolute atomic E-state index is 11.4. The van der Waals surface area contributed by atoms with Crippen LogP contribution in [0.5, 0.6) is 5.75 Å². The van der Waals surface area contributed by atoms with E-state index in [9.17, 15) is 4.79 Å². The predicted molar refractivity (Wildman–Crippen MR) is 79.6 cm³/mol. The lowest BCUT2D eigenvalue weighted by atomic mass is 9.98. The van der Waals surface area contributed by atoms with Crippen molar-refractivity contribution in [3.05, 3.63) is 29.3 Å². The van der Waals surface area contributed by atoms with Gasteiger partial charge in [0.1, 0.15) is 11.9 Å². The Bertz CT molecular complexity index is 513. The summed E-state index contributed by atoms with van der Waals surface area (Å²) < 4.78 is 6.05. The van der Waals surface area contributed by atoms with E-state index in [1.165, 1.54) is 5.56 Å². The molecule has 4 N–H and O–H groups in total. The summed E-state index contributed by atoms with van der Waals surface area (Å²) in [7, 11) is 0. The fraction of sp³-hybridized carbons (Fsp3) is 0.562. The lowest BCUT2D eigenvalue weighted by molar-refractivity contribution is -0.123. The van der Waals surface area contributed by atoms with Gasteiger partial charge in [-0.1, -0.05) is 26.0 Å². The van der Waals surface area contributed by atoms with Crippen molar-refractivity contribution < 1.29 is 9.53 Å². The van der Waals surface area contributed by atoms with E-state index in [2.05, 4.69) is 32.0 Å². The second kappa shape index (κ2) is 5.44. The highest BCUT2D eigenvalue weighted by molar-refractivity contribution is 5.84. The topological polar surface area (TPSA) is 78.3 Å². The summed E-state index contributed by atoms with van der Waals surface area (Å²) in [5.41, 5.74) is 12.8. The molecule has 4 heteroatoms. The van der Waals surface area contributed by atoms with Crippen LogP contribution >= 0.6 is 0 Å². The van der Waals surface area contributed by atoms with Crippen molar-refractivity contribution in [3.63, 3.8) is 0 Å². The van der Waals surface area contributed by atoms with Gasteiger partial charge in [-0.25, -0.2) is 0 Å². The van der Waals surface area contributed by atoms with Crippen molar-refractivity contribution in [2.24, 2.45) is 11.5 Å². The fourth-order valence-electron chi connectivity index (χ4n) is 2.64. The first-order chi connectivity index (χ1) is 9.32. The Hall–Kier alpha value is -1.55. The van der Waals surface area contributed by atoms with Gasteiger partial charge in [0.15, 0.2) is 0 Å². The molecular weight excluding hydrogens is 252 g/mol. The Labute approximate surface area is 120 Å². The number of benzene rings is 1. The van der Waals surface area contributed by atoms with Gasteiger partial charge in [-0.15, -0.1) is 0 Å². The number of rotatable bonds is 4. The maximum atomic E-state index is 11.4. The normalized spacial score (nSPS) is 25.9. The molecule has 0 aliphatic heterocycles. The van der Waals surface area contributed by atoms with Gasteiger partial charge in [0.25, 0.3) is 0 Å². The Morgan fingerprint density at radius 1 is 1.45 bits per heavy atom. The molecule has 0 saturated heterocycles. The zero-order chi connectivity index (χ0) is 14.9. The lowest BCUT2D eigenvalue weighted by Gasteiger charge is -2.21. The molecular formula is C16H24N2O2. The van der Waals surface area contributed by atoms with Crippen LogP contribution < -0.4 is 16.2 Å². The van der Waals surface area contributed by atoms with Gasteiger partial charge >= 0.3 is 0 Å². The van der Waals surface area contributed by atoms with E-state index in [1.807, 2.05) is 6.92 Å². The fourth-order valence-corrected chi connectivity index (χ4v) is 2.64. The molecule has 1 aromatic rings. The van der Waals surface area contributed by atoms with Crippen LogP contribution in [-0.4, -0.2) is 17.6 Å². The molecule has 2 atom stereocenters. The van der Waals surface area contributed by atoms with Crippen LogP contribution in [0.15, 0.2) is 18.2 Å². The van der Waals surface area contributed by atoms with Gasteiger partial charge in [-0.3, -0.25) is 4.79 Å². The van der Waals surface area contributed by atoms with Crippen LogP contribution in [0, 0.1) is 6.92 Å².